The van der Waals surface area contributed by atoms with Crippen LogP contribution in [0.2, 0.25) is 0 Å². The fourth-order valence-corrected chi connectivity index (χ4v) is 1.76. The molecule has 0 aliphatic carbocycles. The SMILES string of the molecule is Nc1cccc(C(=O)Nc2ccc(CC(=O)O)cc2)c1. The van der Waals surface area contributed by atoms with Crippen molar-refractivity contribution < 1.29 is 14.7 Å². The van der Waals surface area contributed by atoms with Crippen LogP contribution in [0, 0.1) is 0 Å². The second-order valence-corrected chi connectivity index (χ2v) is 4.35. The number of rotatable bonds is 4. The zero-order valence-electron chi connectivity index (χ0n) is 10.7. The summed E-state index contributed by atoms with van der Waals surface area (Å²) in [7, 11) is 0. The number of nitrogens with one attached hydrogen (secondary N) is 1. The maximum Gasteiger partial charge on any atom is 0.307 e. The summed E-state index contributed by atoms with van der Waals surface area (Å²) < 4.78 is 0. The second kappa shape index (κ2) is 5.88. The van der Waals surface area contributed by atoms with Crippen molar-refractivity contribution in [3.8, 4) is 0 Å². The lowest BCUT2D eigenvalue weighted by molar-refractivity contribution is -0.136. The number of benzene rings is 2. The van der Waals surface area contributed by atoms with Crippen LogP contribution in [0.25, 0.3) is 0 Å². The lowest BCUT2D eigenvalue weighted by atomic mass is 10.1. The van der Waals surface area contributed by atoms with E-state index >= 15 is 0 Å². The molecule has 0 bridgehead atoms. The first-order chi connectivity index (χ1) is 9.54. The van der Waals surface area contributed by atoms with Crippen LogP contribution in [0.5, 0.6) is 0 Å². The first-order valence-corrected chi connectivity index (χ1v) is 6.02. The van der Waals surface area contributed by atoms with E-state index < -0.39 is 5.97 Å². The number of carbonyl (C=O) groups is 2. The van der Waals surface area contributed by atoms with Crippen LogP contribution in [-0.4, -0.2) is 17.0 Å². The number of carbonyl (C=O) groups excluding carboxylic acids is 1. The summed E-state index contributed by atoms with van der Waals surface area (Å²) in [5.74, 6) is -1.15. The highest BCUT2D eigenvalue weighted by molar-refractivity contribution is 6.04. The molecular weight excluding hydrogens is 256 g/mol. The first-order valence-electron chi connectivity index (χ1n) is 6.02. The average Bonchev–Trinajstić information content (AvgIpc) is 2.40. The van der Waals surface area contributed by atoms with Crippen LogP contribution in [-0.2, 0) is 11.2 Å². The molecular formula is C15H14N2O3. The number of aliphatic carboxylic acids is 1. The van der Waals surface area contributed by atoms with E-state index in [0.29, 0.717) is 22.5 Å². The summed E-state index contributed by atoms with van der Waals surface area (Å²) >= 11 is 0. The van der Waals surface area contributed by atoms with Crippen molar-refractivity contribution in [3.63, 3.8) is 0 Å². The van der Waals surface area contributed by atoms with Crippen molar-refractivity contribution in [1.29, 1.82) is 0 Å². The molecule has 2 aromatic rings. The van der Waals surface area contributed by atoms with Crippen LogP contribution in [0.3, 0.4) is 0 Å². The van der Waals surface area contributed by atoms with E-state index in [9.17, 15) is 9.59 Å². The van der Waals surface area contributed by atoms with Gasteiger partial charge in [0.05, 0.1) is 6.42 Å². The molecule has 1 amide bonds. The van der Waals surface area contributed by atoms with Gasteiger partial charge in [-0.25, -0.2) is 0 Å². The van der Waals surface area contributed by atoms with Gasteiger partial charge in [-0.15, -0.1) is 0 Å². The fraction of sp³-hybridized carbons (Fsp3) is 0.0667. The molecule has 0 radical (unpaired) electrons. The standard InChI is InChI=1S/C15H14N2O3/c16-12-3-1-2-11(9-12)15(20)17-13-6-4-10(5-7-13)8-14(18)19/h1-7,9H,8,16H2,(H,17,20)(H,18,19). The number of anilines is 2. The molecule has 5 heteroatoms. The first kappa shape index (κ1) is 13.6. The third-order valence-electron chi connectivity index (χ3n) is 2.72. The quantitative estimate of drug-likeness (QED) is 0.742. The number of hydrogen-bond acceptors (Lipinski definition) is 3. The molecule has 0 unspecified atom stereocenters. The van der Waals surface area contributed by atoms with Crippen molar-refractivity contribution in [2.75, 3.05) is 11.1 Å². The fourth-order valence-electron chi connectivity index (χ4n) is 1.76. The van der Waals surface area contributed by atoms with Gasteiger partial charge >= 0.3 is 5.97 Å². The smallest absolute Gasteiger partial charge is 0.307 e. The van der Waals surface area contributed by atoms with Crippen LogP contribution in [0.15, 0.2) is 48.5 Å². The molecule has 2 aromatic carbocycles. The summed E-state index contributed by atoms with van der Waals surface area (Å²) in [4.78, 5) is 22.5. The van der Waals surface area contributed by atoms with Crippen molar-refractivity contribution in [2.24, 2.45) is 0 Å². The molecule has 0 fully saturated rings. The normalized spacial score (nSPS) is 10.0. The number of hydrogen-bond donors (Lipinski definition) is 3. The van der Waals surface area contributed by atoms with E-state index in [4.69, 9.17) is 10.8 Å². The molecule has 102 valence electrons. The highest BCUT2D eigenvalue weighted by Gasteiger charge is 2.06. The Hall–Kier alpha value is -2.82. The van der Waals surface area contributed by atoms with Crippen molar-refractivity contribution in [2.45, 2.75) is 6.42 Å². The van der Waals surface area contributed by atoms with Crippen molar-refractivity contribution >= 4 is 23.3 Å². The molecule has 4 N–H and O–H groups in total. The Morgan fingerprint density at radius 3 is 2.40 bits per heavy atom. The van der Waals surface area contributed by atoms with Gasteiger partial charge in [0.25, 0.3) is 5.91 Å². The Morgan fingerprint density at radius 2 is 1.80 bits per heavy atom. The minimum atomic E-state index is -0.887. The maximum absolute atomic E-state index is 12.0. The third kappa shape index (κ3) is 3.58. The largest absolute Gasteiger partial charge is 0.481 e. The predicted molar refractivity (Wildman–Crippen MR) is 76.6 cm³/mol. The molecule has 0 saturated carbocycles. The lowest BCUT2D eigenvalue weighted by Gasteiger charge is -2.06. The van der Waals surface area contributed by atoms with Gasteiger partial charge in [-0.05, 0) is 35.9 Å². The molecule has 20 heavy (non-hydrogen) atoms. The topological polar surface area (TPSA) is 92.4 Å². The molecule has 2 rings (SSSR count). The number of nitrogen functional groups attached to an aromatic ring is 1. The average molecular weight is 270 g/mol. The van der Waals surface area contributed by atoms with Gasteiger partial charge in [0.1, 0.15) is 0 Å². The molecule has 5 nitrogen and oxygen atoms in total. The summed E-state index contributed by atoms with van der Waals surface area (Å²) in [6, 6.07) is 13.4. The summed E-state index contributed by atoms with van der Waals surface area (Å²) in [5.41, 5.74) is 7.90. The van der Waals surface area contributed by atoms with Crippen LogP contribution >= 0.6 is 0 Å². The summed E-state index contributed by atoms with van der Waals surface area (Å²) in [6.07, 6.45) is -0.0382. The van der Waals surface area contributed by atoms with Crippen LogP contribution < -0.4 is 11.1 Å². The number of nitrogens with two attached hydrogens (primary N) is 1. The molecule has 0 aliphatic heterocycles. The minimum absolute atomic E-state index is 0.0382. The van der Waals surface area contributed by atoms with Crippen LogP contribution in [0.1, 0.15) is 15.9 Å². The third-order valence-corrected chi connectivity index (χ3v) is 2.72. The highest BCUT2D eigenvalue weighted by Crippen LogP contribution is 2.13. The summed E-state index contributed by atoms with van der Waals surface area (Å²) in [6.45, 7) is 0. The van der Waals surface area contributed by atoms with Gasteiger partial charge in [-0.3, -0.25) is 9.59 Å². The number of carboxylic acid groups (broad SMARTS) is 1. The maximum atomic E-state index is 12.0. The minimum Gasteiger partial charge on any atom is -0.481 e. The van der Waals surface area contributed by atoms with E-state index in [1.165, 1.54) is 0 Å². The van der Waals surface area contributed by atoms with Gasteiger partial charge in [0.15, 0.2) is 0 Å². The van der Waals surface area contributed by atoms with Gasteiger partial charge in [-0.2, -0.15) is 0 Å². The van der Waals surface area contributed by atoms with E-state index in [0.717, 1.165) is 0 Å². The predicted octanol–water partition coefficient (Wildman–Crippen LogP) is 2.15. The number of amides is 1. The Morgan fingerprint density at radius 1 is 1.10 bits per heavy atom. The molecule has 0 saturated heterocycles. The van der Waals surface area contributed by atoms with Gasteiger partial charge in [0, 0.05) is 16.9 Å². The van der Waals surface area contributed by atoms with Crippen LogP contribution in [0.4, 0.5) is 11.4 Å². The van der Waals surface area contributed by atoms with E-state index in [-0.39, 0.29) is 12.3 Å². The Balaban J connectivity index is 2.06. The van der Waals surface area contributed by atoms with Gasteiger partial charge in [-0.1, -0.05) is 18.2 Å². The van der Waals surface area contributed by atoms with Crippen molar-refractivity contribution in [3.05, 3.63) is 59.7 Å². The van der Waals surface area contributed by atoms with Gasteiger partial charge < -0.3 is 16.2 Å². The Bertz CT molecular complexity index is 636. The number of carboxylic acids is 1. The monoisotopic (exact) mass is 270 g/mol. The van der Waals surface area contributed by atoms with Gasteiger partial charge in [0.2, 0.25) is 0 Å². The second-order valence-electron chi connectivity index (χ2n) is 4.35. The zero-order chi connectivity index (χ0) is 14.5. The molecule has 0 aromatic heterocycles. The van der Waals surface area contributed by atoms with Crippen molar-refractivity contribution in [1.82, 2.24) is 0 Å². The Labute approximate surface area is 116 Å². The zero-order valence-corrected chi connectivity index (χ0v) is 10.7. The van der Waals surface area contributed by atoms with E-state index in [1.54, 1.807) is 48.5 Å². The van der Waals surface area contributed by atoms with E-state index in [2.05, 4.69) is 5.32 Å². The van der Waals surface area contributed by atoms with E-state index in [1.807, 2.05) is 0 Å². The Kier molecular flexibility index (Phi) is 4.00. The molecule has 0 spiro atoms. The molecule has 0 aliphatic rings. The molecule has 0 heterocycles. The molecule has 0 atom stereocenters. The summed E-state index contributed by atoms with van der Waals surface area (Å²) in [5, 5.41) is 11.4. The highest BCUT2D eigenvalue weighted by atomic mass is 16.4. The lowest BCUT2D eigenvalue weighted by Crippen LogP contribution is -2.12.